The van der Waals surface area contributed by atoms with Crippen molar-refractivity contribution >= 4 is 83.5 Å². The summed E-state index contributed by atoms with van der Waals surface area (Å²) in [7, 11) is 0. The summed E-state index contributed by atoms with van der Waals surface area (Å²) >= 11 is 0. The topological polar surface area (TPSA) is 9.72 Å². The zero-order chi connectivity index (χ0) is 35.7. The molecule has 0 aliphatic carbocycles. The lowest BCUT2D eigenvalue weighted by atomic mass is 9.83. The van der Waals surface area contributed by atoms with Crippen molar-refractivity contribution in [3.05, 3.63) is 188 Å². The lowest BCUT2D eigenvalue weighted by Crippen LogP contribution is -2.17. The second kappa shape index (κ2) is 12.0. The molecule has 10 rings (SSSR count). The number of hydrogen-bond acceptors (Lipinski definition) is 3. The minimum atomic E-state index is 0.0341. The Morgan fingerprint density at radius 1 is 0.321 bits per heavy atom. The Hall–Kier alpha value is -6.58. The number of para-hydroxylation sites is 3. The summed E-state index contributed by atoms with van der Waals surface area (Å²) in [6, 6.07) is 66.9. The largest absolute Gasteiger partial charge is 0.310 e. The van der Waals surface area contributed by atoms with E-state index in [-0.39, 0.29) is 5.41 Å². The maximum atomic E-state index is 2.45. The Morgan fingerprint density at radius 2 is 0.698 bits per heavy atom. The Kier molecular flexibility index (Phi) is 7.06. The van der Waals surface area contributed by atoms with Gasteiger partial charge in [0.25, 0.3) is 0 Å². The maximum Gasteiger partial charge on any atom is 0.0561 e. The molecule has 9 aromatic rings. The molecule has 0 amide bonds. The predicted molar refractivity (Wildman–Crippen MR) is 226 cm³/mol. The zero-order valence-corrected chi connectivity index (χ0v) is 30.2. The van der Waals surface area contributed by atoms with E-state index in [0.29, 0.717) is 0 Å². The first-order valence-electron chi connectivity index (χ1n) is 18.4. The fourth-order valence-corrected chi connectivity index (χ4v) is 8.26. The molecule has 1 heterocycles. The van der Waals surface area contributed by atoms with Gasteiger partial charge in [-0.2, -0.15) is 0 Å². The molecule has 3 heteroatoms. The van der Waals surface area contributed by atoms with Gasteiger partial charge in [-0.1, -0.05) is 124 Å². The summed E-state index contributed by atoms with van der Waals surface area (Å²) in [5, 5.41) is 7.58. The monoisotopic (exact) mass is 681 g/mol. The van der Waals surface area contributed by atoms with Gasteiger partial charge in [0.05, 0.1) is 11.4 Å². The van der Waals surface area contributed by atoms with Crippen molar-refractivity contribution in [3.63, 3.8) is 0 Å². The molecule has 1 aliphatic rings. The van der Waals surface area contributed by atoms with E-state index in [4.69, 9.17) is 0 Å². The summed E-state index contributed by atoms with van der Waals surface area (Å²) in [6.07, 6.45) is 0. The summed E-state index contributed by atoms with van der Waals surface area (Å²) in [4.78, 5) is 7.26. The average Bonchev–Trinajstić information content (AvgIpc) is 3.19. The van der Waals surface area contributed by atoms with E-state index in [0.717, 1.165) is 51.2 Å². The molecule has 0 spiro atoms. The van der Waals surface area contributed by atoms with Gasteiger partial charge in [-0.15, -0.1) is 0 Å². The lowest BCUT2D eigenvalue weighted by Gasteiger charge is -2.35. The summed E-state index contributed by atoms with van der Waals surface area (Å²) in [5.41, 5.74) is 11.3. The first-order chi connectivity index (χ1) is 25.9. The lowest BCUT2D eigenvalue weighted by molar-refractivity contribution is 0.591. The Bertz CT molecular complexity index is 2610. The third kappa shape index (κ3) is 5.11. The van der Waals surface area contributed by atoms with Gasteiger partial charge in [-0.05, 0) is 106 Å². The highest BCUT2D eigenvalue weighted by Crippen LogP contribution is 2.52. The summed E-state index contributed by atoms with van der Waals surface area (Å²) < 4.78 is 0. The van der Waals surface area contributed by atoms with Gasteiger partial charge in [0.2, 0.25) is 0 Å². The molecular weight excluding hydrogens is 643 g/mol. The van der Waals surface area contributed by atoms with Crippen LogP contribution in [0.4, 0.5) is 51.2 Å². The van der Waals surface area contributed by atoms with Crippen LogP contribution in [0.25, 0.3) is 32.3 Å². The highest BCUT2D eigenvalue weighted by atomic mass is 15.2. The predicted octanol–water partition coefficient (Wildman–Crippen LogP) is 14.6. The van der Waals surface area contributed by atoms with Gasteiger partial charge in [0.15, 0.2) is 0 Å². The second-order valence-electron chi connectivity index (χ2n) is 15.1. The number of anilines is 9. The first-order valence-corrected chi connectivity index (χ1v) is 18.4. The first kappa shape index (κ1) is 31.2. The van der Waals surface area contributed by atoms with Gasteiger partial charge in [-0.25, -0.2) is 0 Å². The van der Waals surface area contributed by atoms with E-state index >= 15 is 0 Å². The van der Waals surface area contributed by atoms with Crippen LogP contribution < -0.4 is 14.7 Å². The molecule has 9 aromatic carbocycles. The van der Waals surface area contributed by atoms with Gasteiger partial charge < -0.3 is 14.7 Å². The number of nitrogens with zero attached hydrogens (tertiary/aromatic N) is 3. The van der Waals surface area contributed by atoms with Gasteiger partial charge >= 0.3 is 0 Å². The fourth-order valence-electron chi connectivity index (χ4n) is 8.26. The van der Waals surface area contributed by atoms with Crippen molar-refractivity contribution in [2.75, 3.05) is 14.7 Å². The fraction of sp³-hybridized carbons (Fsp3) is 0.0800. The smallest absolute Gasteiger partial charge is 0.0561 e. The Labute approximate surface area is 310 Å². The number of fused-ring (bicyclic) bond motifs is 8. The third-order valence-electron chi connectivity index (χ3n) is 10.8. The van der Waals surface area contributed by atoms with Crippen LogP contribution in [0.5, 0.6) is 0 Å². The van der Waals surface area contributed by atoms with Crippen LogP contribution >= 0.6 is 0 Å². The van der Waals surface area contributed by atoms with Crippen LogP contribution in [-0.4, -0.2) is 0 Å². The highest BCUT2D eigenvalue weighted by Gasteiger charge is 2.27. The van der Waals surface area contributed by atoms with Crippen LogP contribution in [0, 0.1) is 0 Å². The molecule has 1 aliphatic heterocycles. The number of rotatable bonds is 3. The number of benzene rings is 9. The minimum Gasteiger partial charge on any atom is -0.310 e. The Morgan fingerprint density at radius 3 is 1.11 bits per heavy atom. The van der Waals surface area contributed by atoms with Gasteiger partial charge in [0.1, 0.15) is 0 Å². The average molecular weight is 682 g/mol. The van der Waals surface area contributed by atoms with Crippen molar-refractivity contribution in [3.8, 4) is 0 Å². The van der Waals surface area contributed by atoms with Crippen molar-refractivity contribution in [2.45, 2.75) is 26.2 Å². The van der Waals surface area contributed by atoms with Gasteiger partial charge in [0, 0.05) is 56.0 Å². The van der Waals surface area contributed by atoms with Crippen molar-refractivity contribution in [2.24, 2.45) is 0 Å². The molecule has 0 aromatic heterocycles. The van der Waals surface area contributed by atoms with E-state index in [2.05, 4.69) is 217 Å². The minimum absolute atomic E-state index is 0.0341. The molecule has 53 heavy (non-hydrogen) atoms. The highest BCUT2D eigenvalue weighted by molar-refractivity contribution is 6.29. The van der Waals surface area contributed by atoms with E-state index in [9.17, 15) is 0 Å². The molecule has 0 unspecified atom stereocenters. The normalized spacial score (nSPS) is 13.1. The van der Waals surface area contributed by atoms with Crippen molar-refractivity contribution < 1.29 is 0 Å². The van der Waals surface area contributed by atoms with Crippen LogP contribution in [0.2, 0.25) is 0 Å². The Balaban J connectivity index is 1.39. The van der Waals surface area contributed by atoms with Crippen LogP contribution in [0.1, 0.15) is 26.3 Å². The molecular formula is C50H39N3. The molecule has 3 nitrogen and oxygen atoms in total. The SMILES string of the molecule is CC(C)(C)c1cc2ccc3c4cc(c5ccc(c1)c2c35)N(c1ccccc1)c1cccc(c1)N(c1ccccc1)c1cccc(c1)N4c1ccccc1. The molecule has 6 bridgehead atoms. The molecule has 0 saturated carbocycles. The zero-order valence-electron chi connectivity index (χ0n) is 30.2. The van der Waals surface area contributed by atoms with Crippen molar-refractivity contribution in [1.29, 1.82) is 0 Å². The van der Waals surface area contributed by atoms with E-state index in [1.807, 2.05) is 0 Å². The molecule has 0 radical (unpaired) electrons. The van der Waals surface area contributed by atoms with E-state index in [1.165, 1.54) is 37.9 Å². The van der Waals surface area contributed by atoms with E-state index < -0.39 is 0 Å². The molecule has 0 saturated heterocycles. The quantitative estimate of drug-likeness (QED) is 0.172. The molecule has 0 N–H and O–H groups in total. The standard InChI is InChI=1S/C50H39N3/c1-50(2,3)36-29-34-25-27-44-46-33-47(45-28-26-35(30-36)48(34)49(44)45)53(39-19-11-6-12-20-39)43-24-14-22-41(32-43)51(37-15-7-4-8-16-37)40-21-13-23-42(31-40)52(46)38-17-9-5-10-18-38/h4-33H,1-3H3. The molecule has 254 valence electrons. The summed E-state index contributed by atoms with van der Waals surface area (Å²) in [6.45, 7) is 6.91. The van der Waals surface area contributed by atoms with Crippen molar-refractivity contribution in [1.82, 2.24) is 0 Å². The molecule has 0 atom stereocenters. The third-order valence-corrected chi connectivity index (χ3v) is 10.8. The van der Waals surface area contributed by atoms with E-state index in [1.54, 1.807) is 0 Å². The second-order valence-corrected chi connectivity index (χ2v) is 15.1. The number of hydrogen-bond donors (Lipinski definition) is 0. The van der Waals surface area contributed by atoms with Crippen LogP contribution in [0.15, 0.2) is 182 Å². The summed E-state index contributed by atoms with van der Waals surface area (Å²) in [5.74, 6) is 0. The molecule has 0 fully saturated rings. The van der Waals surface area contributed by atoms with Crippen LogP contribution in [0.3, 0.4) is 0 Å². The van der Waals surface area contributed by atoms with Crippen LogP contribution in [-0.2, 0) is 5.41 Å². The van der Waals surface area contributed by atoms with Gasteiger partial charge in [-0.3, -0.25) is 0 Å². The maximum absolute atomic E-state index is 2.45.